The molecule has 0 radical (unpaired) electrons. The molecule has 1 heterocycles. The number of amides is 2. The summed E-state index contributed by atoms with van der Waals surface area (Å²) in [6, 6.07) is 13.5. The number of carbonyl (C=O) groups is 2. The van der Waals surface area contributed by atoms with Crippen LogP contribution in [0.1, 0.15) is 36.7 Å². The summed E-state index contributed by atoms with van der Waals surface area (Å²) < 4.78 is 26.2. The summed E-state index contributed by atoms with van der Waals surface area (Å²) in [6.07, 6.45) is 0. The Morgan fingerprint density at radius 3 is 2.28 bits per heavy atom. The van der Waals surface area contributed by atoms with E-state index in [4.69, 9.17) is 0 Å². The van der Waals surface area contributed by atoms with Crippen LogP contribution in [0.4, 0.5) is 5.69 Å². The van der Waals surface area contributed by atoms with Gasteiger partial charge in [0.1, 0.15) is 0 Å². The third kappa shape index (κ3) is 5.24. The Labute approximate surface area is 192 Å². The third-order valence-electron chi connectivity index (χ3n) is 5.08. The zero-order valence-electron chi connectivity index (χ0n) is 18.3. The molecule has 0 saturated carbocycles. The molecule has 2 aromatic carbocycles. The molecule has 0 atom stereocenters. The summed E-state index contributed by atoms with van der Waals surface area (Å²) in [5, 5.41) is 7.50. The molecular weight excluding hydrogens is 446 g/mol. The molecule has 1 aromatic heterocycles. The van der Waals surface area contributed by atoms with Gasteiger partial charge in [-0.25, -0.2) is 12.7 Å². The minimum atomic E-state index is -3.63. The van der Waals surface area contributed by atoms with Gasteiger partial charge in [-0.3, -0.25) is 9.59 Å². The van der Waals surface area contributed by atoms with Gasteiger partial charge in [-0.2, -0.15) is 0 Å². The Balaban J connectivity index is 1.72. The van der Waals surface area contributed by atoms with Crippen LogP contribution in [0.15, 0.2) is 58.8 Å². The fraction of sp³-hybridized carbons (Fsp3) is 0.217. The zero-order valence-corrected chi connectivity index (χ0v) is 19.9. The maximum atomic E-state index is 12.8. The summed E-state index contributed by atoms with van der Waals surface area (Å²) in [5.41, 5.74) is 3.29. The predicted molar refractivity (Wildman–Crippen MR) is 127 cm³/mol. The van der Waals surface area contributed by atoms with Crippen LogP contribution in [-0.4, -0.2) is 38.6 Å². The average molecular weight is 472 g/mol. The first kappa shape index (κ1) is 23.6. The van der Waals surface area contributed by atoms with Gasteiger partial charge in [0, 0.05) is 31.9 Å². The SMILES string of the molecule is Cc1cc(S(=O)(=O)N(C)C)cc(NC(=O)c2ccc(CNC(=O)c3cccs3)cc2)c1C. The van der Waals surface area contributed by atoms with Gasteiger partial charge in [-0.05, 0) is 66.2 Å². The molecule has 0 aliphatic heterocycles. The van der Waals surface area contributed by atoms with E-state index in [0.29, 0.717) is 22.7 Å². The van der Waals surface area contributed by atoms with Crippen molar-refractivity contribution in [2.24, 2.45) is 0 Å². The molecule has 0 fully saturated rings. The molecule has 2 amide bonds. The number of hydrogen-bond donors (Lipinski definition) is 2. The highest BCUT2D eigenvalue weighted by Crippen LogP contribution is 2.26. The van der Waals surface area contributed by atoms with Gasteiger partial charge in [0.15, 0.2) is 0 Å². The predicted octanol–water partition coefficient (Wildman–Crippen LogP) is 3.80. The minimum Gasteiger partial charge on any atom is -0.347 e. The molecule has 0 spiro atoms. The van der Waals surface area contributed by atoms with Gasteiger partial charge in [-0.15, -0.1) is 11.3 Å². The van der Waals surface area contributed by atoms with Crippen molar-refractivity contribution in [3.63, 3.8) is 0 Å². The van der Waals surface area contributed by atoms with Gasteiger partial charge in [-0.1, -0.05) is 18.2 Å². The van der Waals surface area contributed by atoms with Crippen molar-refractivity contribution >= 4 is 38.9 Å². The van der Waals surface area contributed by atoms with Crippen molar-refractivity contribution in [3.05, 3.63) is 81.0 Å². The van der Waals surface area contributed by atoms with Crippen molar-refractivity contribution in [1.29, 1.82) is 0 Å². The number of benzene rings is 2. The van der Waals surface area contributed by atoms with Crippen LogP contribution >= 0.6 is 11.3 Å². The van der Waals surface area contributed by atoms with Crippen LogP contribution in [-0.2, 0) is 16.6 Å². The van der Waals surface area contributed by atoms with E-state index in [9.17, 15) is 18.0 Å². The van der Waals surface area contributed by atoms with E-state index in [1.807, 2.05) is 18.4 Å². The largest absolute Gasteiger partial charge is 0.347 e. The van der Waals surface area contributed by atoms with E-state index in [1.54, 1.807) is 43.3 Å². The molecule has 168 valence electrons. The van der Waals surface area contributed by atoms with E-state index in [-0.39, 0.29) is 16.7 Å². The average Bonchev–Trinajstić information content (AvgIpc) is 3.30. The Hall–Kier alpha value is -3.01. The fourth-order valence-electron chi connectivity index (χ4n) is 2.96. The molecule has 9 heteroatoms. The van der Waals surface area contributed by atoms with Crippen molar-refractivity contribution in [3.8, 4) is 0 Å². The molecule has 7 nitrogen and oxygen atoms in total. The summed E-state index contributed by atoms with van der Waals surface area (Å²) in [7, 11) is -0.695. The first-order chi connectivity index (χ1) is 15.1. The van der Waals surface area contributed by atoms with Gasteiger partial charge < -0.3 is 10.6 Å². The number of thiophene rings is 1. The van der Waals surface area contributed by atoms with Crippen molar-refractivity contribution < 1.29 is 18.0 Å². The lowest BCUT2D eigenvalue weighted by molar-refractivity contribution is 0.0953. The Kier molecular flexibility index (Phi) is 7.12. The summed E-state index contributed by atoms with van der Waals surface area (Å²) in [6.45, 7) is 3.98. The molecule has 0 unspecified atom stereocenters. The van der Waals surface area contributed by atoms with Crippen LogP contribution in [0, 0.1) is 13.8 Å². The van der Waals surface area contributed by atoms with E-state index in [0.717, 1.165) is 21.0 Å². The highest BCUT2D eigenvalue weighted by atomic mass is 32.2. The summed E-state index contributed by atoms with van der Waals surface area (Å²) in [5.74, 6) is -0.485. The van der Waals surface area contributed by atoms with Crippen molar-refractivity contribution in [2.45, 2.75) is 25.3 Å². The molecule has 0 aliphatic carbocycles. The van der Waals surface area contributed by atoms with E-state index in [2.05, 4.69) is 10.6 Å². The zero-order chi connectivity index (χ0) is 23.5. The monoisotopic (exact) mass is 471 g/mol. The van der Waals surface area contributed by atoms with E-state index >= 15 is 0 Å². The quantitative estimate of drug-likeness (QED) is 0.548. The second-order valence-corrected chi connectivity index (χ2v) is 10.6. The fourth-order valence-corrected chi connectivity index (χ4v) is 4.62. The molecular formula is C23H25N3O4S2. The lowest BCUT2D eigenvalue weighted by atomic mass is 10.1. The first-order valence-electron chi connectivity index (χ1n) is 9.85. The Morgan fingerprint density at radius 1 is 1.00 bits per heavy atom. The maximum Gasteiger partial charge on any atom is 0.261 e. The lowest BCUT2D eigenvalue weighted by Crippen LogP contribution is -2.23. The van der Waals surface area contributed by atoms with Crippen LogP contribution in [0.3, 0.4) is 0 Å². The second kappa shape index (κ2) is 9.64. The number of aryl methyl sites for hydroxylation is 1. The van der Waals surface area contributed by atoms with Crippen LogP contribution in [0.25, 0.3) is 0 Å². The van der Waals surface area contributed by atoms with Crippen LogP contribution < -0.4 is 10.6 Å². The molecule has 3 aromatic rings. The Bertz CT molecular complexity index is 1230. The van der Waals surface area contributed by atoms with Gasteiger partial charge in [0.25, 0.3) is 11.8 Å². The van der Waals surface area contributed by atoms with Gasteiger partial charge in [0.05, 0.1) is 9.77 Å². The van der Waals surface area contributed by atoms with E-state index in [1.165, 1.54) is 31.5 Å². The number of sulfonamides is 1. The highest BCUT2D eigenvalue weighted by Gasteiger charge is 2.20. The normalized spacial score (nSPS) is 11.4. The molecule has 32 heavy (non-hydrogen) atoms. The maximum absolute atomic E-state index is 12.8. The van der Waals surface area contributed by atoms with Gasteiger partial charge >= 0.3 is 0 Å². The molecule has 3 rings (SSSR count). The number of nitrogens with one attached hydrogen (secondary N) is 2. The van der Waals surface area contributed by atoms with E-state index < -0.39 is 10.0 Å². The lowest BCUT2D eigenvalue weighted by Gasteiger charge is -2.16. The number of carbonyl (C=O) groups excluding carboxylic acids is 2. The second-order valence-electron chi connectivity index (χ2n) is 7.51. The molecule has 0 bridgehead atoms. The smallest absolute Gasteiger partial charge is 0.261 e. The van der Waals surface area contributed by atoms with Crippen LogP contribution in [0.5, 0.6) is 0 Å². The standard InChI is InChI=1S/C23H25N3O4S2/c1-15-12-19(32(29,30)26(3)4)13-20(16(15)2)25-22(27)18-9-7-17(8-10-18)14-24-23(28)21-6-5-11-31-21/h5-13H,14H2,1-4H3,(H,24,28)(H,25,27). The number of anilines is 1. The van der Waals surface area contributed by atoms with Crippen molar-refractivity contribution in [2.75, 3.05) is 19.4 Å². The number of nitrogens with zero attached hydrogens (tertiary/aromatic N) is 1. The molecule has 0 saturated heterocycles. The Morgan fingerprint density at radius 2 is 1.69 bits per heavy atom. The number of hydrogen-bond acceptors (Lipinski definition) is 5. The van der Waals surface area contributed by atoms with Crippen LogP contribution in [0.2, 0.25) is 0 Å². The minimum absolute atomic E-state index is 0.123. The molecule has 0 aliphatic rings. The topological polar surface area (TPSA) is 95.6 Å². The summed E-state index contributed by atoms with van der Waals surface area (Å²) >= 11 is 1.37. The van der Waals surface area contributed by atoms with Crippen molar-refractivity contribution in [1.82, 2.24) is 9.62 Å². The summed E-state index contributed by atoms with van der Waals surface area (Å²) in [4.78, 5) is 25.6. The number of rotatable bonds is 7. The first-order valence-corrected chi connectivity index (χ1v) is 12.2. The highest BCUT2D eigenvalue weighted by molar-refractivity contribution is 7.89. The molecule has 2 N–H and O–H groups in total. The third-order valence-corrected chi connectivity index (χ3v) is 7.74. The van der Waals surface area contributed by atoms with Gasteiger partial charge in [0.2, 0.25) is 10.0 Å².